The van der Waals surface area contributed by atoms with E-state index in [-0.39, 0.29) is 23.4 Å². The van der Waals surface area contributed by atoms with Crippen molar-refractivity contribution in [3.63, 3.8) is 0 Å². The lowest BCUT2D eigenvalue weighted by Gasteiger charge is -2.18. The SMILES string of the molecule is Cc1noc2cc(-c3ncc(C4C5CC5c5cc(-c6cc(Cl)ccc6-n6cc(C(F)(F)F)nn6)cc(=O)n54)[nH]3)ccc12. The molecule has 1 aliphatic heterocycles. The number of pyridine rings is 1. The first-order valence-corrected chi connectivity index (χ1v) is 13.5. The Bertz CT molecular complexity index is 2110. The second kappa shape index (κ2) is 8.65. The number of hydrogen-bond acceptors (Lipinski definition) is 6. The summed E-state index contributed by atoms with van der Waals surface area (Å²) in [6.07, 6.45) is -1.15. The van der Waals surface area contributed by atoms with Crippen LogP contribution in [0.15, 0.2) is 70.2 Å². The number of aromatic amines is 1. The molecule has 2 aromatic carbocycles. The third-order valence-corrected chi connectivity index (χ3v) is 8.38. The molecule has 1 saturated carbocycles. The van der Waals surface area contributed by atoms with Crippen molar-refractivity contribution in [3.8, 4) is 28.2 Å². The van der Waals surface area contributed by atoms with Gasteiger partial charge in [0.05, 0.1) is 35.5 Å². The molecule has 3 atom stereocenters. The van der Waals surface area contributed by atoms with E-state index in [1.807, 2.05) is 31.2 Å². The van der Waals surface area contributed by atoms with Gasteiger partial charge in [0.2, 0.25) is 0 Å². The van der Waals surface area contributed by atoms with Gasteiger partial charge in [-0.2, -0.15) is 13.2 Å². The normalized spacial score (nSPS) is 19.3. The highest BCUT2D eigenvalue weighted by Crippen LogP contribution is 2.60. The highest BCUT2D eigenvalue weighted by Gasteiger charge is 2.54. The lowest BCUT2D eigenvalue weighted by Crippen LogP contribution is -2.26. The molecule has 3 unspecified atom stereocenters. The van der Waals surface area contributed by atoms with Crippen LogP contribution in [0.3, 0.4) is 0 Å². The first-order valence-electron chi connectivity index (χ1n) is 13.1. The topological polar surface area (TPSA) is 107 Å². The Morgan fingerprint density at radius 2 is 1.95 bits per heavy atom. The summed E-state index contributed by atoms with van der Waals surface area (Å²) < 4.78 is 47.8. The van der Waals surface area contributed by atoms with Gasteiger partial charge in [0.1, 0.15) is 5.82 Å². The Kier molecular flexibility index (Phi) is 5.16. The van der Waals surface area contributed by atoms with Crippen LogP contribution in [-0.4, -0.2) is 34.7 Å². The fourth-order valence-corrected chi connectivity index (χ4v) is 6.27. The van der Waals surface area contributed by atoms with Gasteiger partial charge in [-0.25, -0.2) is 9.67 Å². The van der Waals surface area contributed by atoms with E-state index in [4.69, 9.17) is 16.1 Å². The molecule has 1 aliphatic carbocycles. The predicted octanol–water partition coefficient (Wildman–Crippen LogP) is 6.31. The summed E-state index contributed by atoms with van der Waals surface area (Å²) in [5.74, 6) is 1.06. The zero-order valence-electron chi connectivity index (χ0n) is 21.7. The van der Waals surface area contributed by atoms with E-state index in [1.54, 1.807) is 29.0 Å². The maximum atomic E-state index is 13.6. The second-order valence-electron chi connectivity index (χ2n) is 10.7. The van der Waals surface area contributed by atoms with Gasteiger partial charge in [0.15, 0.2) is 11.3 Å². The summed E-state index contributed by atoms with van der Waals surface area (Å²) in [6.45, 7) is 1.88. The lowest BCUT2D eigenvalue weighted by atomic mass is 10.0. The zero-order valence-corrected chi connectivity index (χ0v) is 22.5. The Balaban J connectivity index is 1.18. The number of imidazole rings is 1. The maximum Gasteiger partial charge on any atom is 0.436 e. The minimum Gasteiger partial charge on any atom is -0.356 e. The molecule has 4 aromatic heterocycles. The minimum atomic E-state index is -4.64. The number of halogens is 4. The van der Waals surface area contributed by atoms with Crippen molar-refractivity contribution in [2.75, 3.05) is 0 Å². The Morgan fingerprint density at radius 3 is 2.76 bits per heavy atom. The summed E-state index contributed by atoms with van der Waals surface area (Å²) in [5.41, 5.74) is 4.01. The Hall–Kier alpha value is -4.71. The molecule has 8 rings (SSSR count). The van der Waals surface area contributed by atoms with E-state index in [1.165, 1.54) is 6.07 Å². The molecule has 13 heteroatoms. The number of benzene rings is 2. The van der Waals surface area contributed by atoms with Crippen LogP contribution in [0.2, 0.25) is 5.02 Å². The third kappa shape index (κ3) is 3.82. The molecule has 5 heterocycles. The van der Waals surface area contributed by atoms with Crippen LogP contribution in [0.4, 0.5) is 13.2 Å². The number of aryl methyl sites for hydroxylation is 1. The molecule has 1 N–H and O–H groups in total. The number of nitrogens with zero attached hydrogens (tertiary/aromatic N) is 6. The van der Waals surface area contributed by atoms with E-state index < -0.39 is 11.9 Å². The average Bonchev–Trinajstić information content (AvgIpc) is 3.37. The number of rotatable bonds is 4. The van der Waals surface area contributed by atoms with Crippen molar-refractivity contribution in [1.82, 2.24) is 34.7 Å². The fraction of sp³-hybridized carbons (Fsp3) is 0.207. The maximum absolute atomic E-state index is 13.6. The van der Waals surface area contributed by atoms with Gasteiger partial charge in [-0.15, -0.1) is 5.10 Å². The van der Waals surface area contributed by atoms with E-state index in [9.17, 15) is 18.0 Å². The van der Waals surface area contributed by atoms with Crippen molar-refractivity contribution in [2.24, 2.45) is 5.92 Å². The number of fused-ring (bicyclic) bond motifs is 4. The summed E-state index contributed by atoms with van der Waals surface area (Å²) in [7, 11) is 0. The van der Waals surface area contributed by atoms with Gasteiger partial charge in [-0.3, -0.25) is 4.79 Å². The monoisotopic (exact) mass is 589 g/mol. The van der Waals surface area contributed by atoms with Crippen LogP contribution >= 0.6 is 11.6 Å². The molecule has 9 nitrogen and oxygen atoms in total. The van der Waals surface area contributed by atoms with Crippen LogP contribution < -0.4 is 5.56 Å². The highest BCUT2D eigenvalue weighted by atomic mass is 35.5. The average molecular weight is 590 g/mol. The molecule has 0 radical (unpaired) electrons. The molecular formula is C29H19ClF3N7O2. The number of nitrogens with one attached hydrogen (secondary N) is 1. The van der Waals surface area contributed by atoms with E-state index >= 15 is 0 Å². The summed E-state index contributed by atoms with van der Waals surface area (Å²) in [4.78, 5) is 21.6. The largest absolute Gasteiger partial charge is 0.436 e. The summed E-state index contributed by atoms with van der Waals surface area (Å²) in [6, 6.07) is 13.7. The van der Waals surface area contributed by atoms with E-state index in [2.05, 4.69) is 25.4 Å². The standard InChI is InChI=1S/C29H19ClF3N7O2/c1-13-17-4-2-14(7-24(17)42-37-13)28-34-11-21(35-28)27-20-10-19(20)23-6-15(8-26(41)40(23)27)18-9-16(30)3-5-22(18)39-12-25(36-38-39)29(31,32)33/h2-9,11-12,19-20,27H,10H2,1H3,(H,34,35). The van der Waals surface area contributed by atoms with Crippen molar-refractivity contribution in [2.45, 2.75) is 31.5 Å². The molecule has 0 spiro atoms. The molecule has 2 aliphatic rings. The van der Waals surface area contributed by atoms with Crippen LogP contribution in [0.5, 0.6) is 0 Å². The predicted molar refractivity (Wildman–Crippen MR) is 146 cm³/mol. The van der Waals surface area contributed by atoms with Crippen molar-refractivity contribution in [1.29, 1.82) is 0 Å². The number of H-pyrrole nitrogens is 1. The van der Waals surface area contributed by atoms with E-state index in [0.717, 1.165) is 45.3 Å². The molecule has 0 amide bonds. The lowest BCUT2D eigenvalue weighted by molar-refractivity contribution is -0.141. The third-order valence-electron chi connectivity index (χ3n) is 8.14. The van der Waals surface area contributed by atoms with E-state index in [0.29, 0.717) is 33.2 Å². The Morgan fingerprint density at radius 1 is 1.10 bits per heavy atom. The molecule has 0 saturated heterocycles. The molecule has 210 valence electrons. The van der Waals surface area contributed by atoms with Crippen molar-refractivity contribution >= 4 is 22.6 Å². The van der Waals surface area contributed by atoms with Gasteiger partial charge in [0, 0.05) is 39.2 Å². The fourth-order valence-electron chi connectivity index (χ4n) is 6.10. The summed E-state index contributed by atoms with van der Waals surface area (Å²) in [5, 5.41) is 12.3. The molecule has 42 heavy (non-hydrogen) atoms. The smallest absolute Gasteiger partial charge is 0.356 e. The number of aromatic nitrogens is 7. The van der Waals surface area contributed by atoms with Crippen LogP contribution in [0, 0.1) is 12.8 Å². The van der Waals surface area contributed by atoms with Gasteiger partial charge in [0.25, 0.3) is 5.56 Å². The molecule has 6 aromatic rings. The van der Waals surface area contributed by atoms with Crippen LogP contribution in [-0.2, 0) is 6.18 Å². The quantitative estimate of drug-likeness (QED) is 0.258. The van der Waals surface area contributed by atoms with Gasteiger partial charge in [-0.05, 0) is 61.2 Å². The zero-order chi connectivity index (χ0) is 28.9. The minimum absolute atomic E-state index is 0.175. The van der Waals surface area contributed by atoms with Gasteiger partial charge < -0.3 is 14.1 Å². The molecular weight excluding hydrogens is 571 g/mol. The molecule has 0 bridgehead atoms. The summed E-state index contributed by atoms with van der Waals surface area (Å²) >= 11 is 6.29. The first kappa shape index (κ1) is 25.0. The van der Waals surface area contributed by atoms with Crippen LogP contribution in [0.25, 0.3) is 39.2 Å². The van der Waals surface area contributed by atoms with Crippen LogP contribution in [0.1, 0.15) is 41.2 Å². The van der Waals surface area contributed by atoms with Crippen molar-refractivity contribution in [3.05, 3.63) is 99.1 Å². The second-order valence-corrected chi connectivity index (χ2v) is 11.1. The first-order chi connectivity index (χ1) is 20.2. The molecule has 1 fully saturated rings. The number of hydrogen-bond donors (Lipinski definition) is 1. The van der Waals surface area contributed by atoms with Crippen molar-refractivity contribution < 1.29 is 17.7 Å². The highest BCUT2D eigenvalue weighted by molar-refractivity contribution is 6.31. The van der Waals surface area contributed by atoms with Gasteiger partial charge in [-0.1, -0.05) is 28.0 Å². The Labute approximate surface area is 239 Å². The number of alkyl halides is 3. The van der Waals surface area contributed by atoms with Gasteiger partial charge >= 0.3 is 6.18 Å².